The number of benzene rings is 1. The van der Waals surface area contributed by atoms with Crippen LogP contribution in [0.15, 0.2) is 35.6 Å². The number of nitrogens with two attached hydrogens (primary N) is 1. The number of nitrogens with zero attached hydrogens (tertiary/aromatic N) is 2. The van der Waals surface area contributed by atoms with Crippen LogP contribution >= 0.6 is 0 Å². The van der Waals surface area contributed by atoms with Crippen LogP contribution in [0, 0.1) is 0 Å². The number of fused-ring (bicyclic) bond motifs is 1. The second-order valence-electron chi connectivity index (χ2n) is 4.73. The van der Waals surface area contributed by atoms with E-state index in [1.165, 1.54) is 0 Å². The maximum atomic E-state index is 8.75. The predicted molar refractivity (Wildman–Crippen MR) is 81.8 cm³/mol. The number of methoxy groups -OCH3 is 1. The summed E-state index contributed by atoms with van der Waals surface area (Å²) in [4.78, 5) is 0. The topological polar surface area (TPSA) is 82.0 Å². The fourth-order valence-electron chi connectivity index (χ4n) is 2.18. The number of oxime groups is 1. The standard InChI is InChI=1S/C15H21N3O3/c1-20-9-10-21-8-2-6-18-7-5-12-3-4-13(11-14(12)18)15(16)17-19/h3-5,7,11,19H,2,6,8-10H2,1H3,(H2,16,17). The van der Waals surface area contributed by atoms with Crippen molar-refractivity contribution in [3.05, 3.63) is 36.0 Å². The number of ether oxygens (including phenoxy) is 2. The summed E-state index contributed by atoms with van der Waals surface area (Å²) in [7, 11) is 1.66. The highest BCUT2D eigenvalue weighted by atomic mass is 16.5. The minimum Gasteiger partial charge on any atom is -0.409 e. The van der Waals surface area contributed by atoms with Gasteiger partial charge >= 0.3 is 0 Å². The zero-order valence-corrected chi connectivity index (χ0v) is 12.2. The third kappa shape index (κ3) is 3.96. The fraction of sp³-hybridized carbons (Fsp3) is 0.400. The third-order valence-electron chi connectivity index (χ3n) is 3.30. The van der Waals surface area contributed by atoms with E-state index in [2.05, 4.69) is 15.8 Å². The molecule has 1 aromatic carbocycles. The summed E-state index contributed by atoms with van der Waals surface area (Å²) in [5, 5.41) is 12.9. The number of aryl methyl sites for hydroxylation is 1. The molecule has 0 aliphatic carbocycles. The molecule has 6 heteroatoms. The van der Waals surface area contributed by atoms with Crippen LogP contribution in [-0.4, -0.2) is 42.5 Å². The van der Waals surface area contributed by atoms with Gasteiger partial charge in [-0.1, -0.05) is 17.3 Å². The van der Waals surface area contributed by atoms with Crippen LogP contribution in [0.1, 0.15) is 12.0 Å². The van der Waals surface area contributed by atoms with Gasteiger partial charge in [-0.2, -0.15) is 0 Å². The number of amidine groups is 1. The van der Waals surface area contributed by atoms with Gasteiger partial charge in [0, 0.05) is 37.5 Å². The van der Waals surface area contributed by atoms with Crippen LogP contribution in [0.25, 0.3) is 10.9 Å². The number of rotatable bonds is 8. The Hall–Kier alpha value is -2.05. The van der Waals surface area contributed by atoms with Crippen molar-refractivity contribution >= 4 is 16.7 Å². The van der Waals surface area contributed by atoms with Crippen molar-refractivity contribution in [2.75, 3.05) is 26.9 Å². The molecular weight excluding hydrogens is 270 g/mol. The number of hydrogen-bond acceptors (Lipinski definition) is 4. The average Bonchev–Trinajstić information content (AvgIpc) is 2.92. The van der Waals surface area contributed by atoms with Gasteiger partial charge in [-0.25, -0.2) is 0 Å². The molecule has 0 bridgehead atoms. The van der Waals surface area contributed by atoms with Crippen LogP contribution in [0.2, 0.25) is 0 Å². The lowest BCUT2D eigenvalue weighted by molar-refractivity contribution is 0.0681. The maximum absolute atomic E-state index is 8.75. The molecule has 3 N–H and O–H groups in total. The van der Waals surface area contributed by atoms with Crippen molar-refractivity contribution < 1.29 is 14.7 Å². The molecular formula is C15H21N3O3. The molecule has 2 aromatic rings. The van der Waals surface area contributed by atoms with E-state index in [1.54, 1.807) is 7.11 Å². The summed E-state index contributed by atoms with van der Waals surface area (Å²) >= 11 is 0. The van der Waals surface area contributed by atoms with Gasteiger partial charge in [0.15, 0.2) is 5.84 Å². The molecule has 0 radical (unpaired) electrons. The minimum absolute atomic E-state index is 0.118. The largest absolute Gasteiger partial charge is 0.409 e. The molecule has 2 rings (SSSR count). The molecule has 114 valence electrons. The fourth-order valence-corrected chi connectivity index (χ4v) is 2.18. The summed E-state index contributed by atoms with van der Waals surface area (Å²) < 4.78 is 12.5. The first-order valence-electron chi connectivity index (χ1n) is 6.89. The van der Waals surface area contributed by atoms with Crippen LogP contribution in [0.5, 0.6) is 0 Å². The second kappa shape index (κ2) is 7.66. The van der Waals surface area contributed by atoms with E-state index in [0.717, 1.165) is 23.9 Å². The van der Waals surface area contributed by atoms with Gasteiger partial charge in [0.1, 0.15) is 0 Å². The molecule has 0 aliphatic heterocycles. The molecule has 1 heterocycles. The third-order valence-corrected chi connectivity index (χ3v) is 3.30. The highest BCUT2D eigenvalue weighted by Gasteiger charge is 2.05. The minimum atomic E-state index is 0.118. The van der Waals surface area contributed by atoms with Gasteiger partial charge in [0.25, 0.3) is 0 Å². The van der Waals surface area contributed by atoms with Crippen LogP contribution in [-0.2, 0) is 16.0 Å². The number of hydrogen-bond donors (Lipinski definition) is 2. The zero-order chi connectivity index (χ0) is 15.1. The van der Waals surface area contributed by atoms with Crippen LogP contribution < -0.4 is 5.73 Å². The second-order valence-corrected chi connectivity index (χ2v) is 4.73. The average molecular weight is 291 g/mol. The highest BCUT2D eigenvalue weighted by molar-refractivity contribution is 6.00. The van der Waals surface area contributed by atoms with Crippen molar-refractivity contribution in [3.63, 3.8) is 0 Å². The molecule has 21 heavy (non-hydrogen) atoms. The summed E-state index contributed by atoms with van der Waals surface area (Å²) in [6.45, 7) is 2.80. The van der Waals surface area contributed by atoms with Crippen molar-refractivity contribution in [2.45, 2.75) is 13.0 Å². The molecule has 6 nitrogen and oxygen atoms in total. The monoisotopic (exact) mass is 291 g/mol. The molecule has 0 fully saturated rings. The van der Waals surface area contributed by atoms with E-state index in [9.17, 15) is 0 Å². The SMILES string of the molecule is COCCOCCCn1ccc2ccc(/C(N)=N/O)cc21. The van der Waals surface area contributed by atoms with Crippen LogP contribution in [0.3, 0.4) is 0 Å². The van der Waals surface area contributed by atoms with Crippen molar-refractivity contribution in [1.29, 1.82) is 0 Å². The molecule has 0 amide bonds. The van der Waals surface area contributed by atoms with Crippen molar-refractivity contribution in [1.82, 2.24) is 4.57 Å². The summed E-state index contributed by atoms with van der Waals surface area (Å²) in [6, 6.07) is 7.79. The molecule has 1 aromatic heterocycles. The summed E-state index contributed by atoms with van der Waals surface area (Å²) in [5.74, 6) is 0.118. The number of aromatic nitrogens is 1. The van der Waals surface area contributed by atoms with Gasteiger partial charge in [0.2, 0.25) is 0 Å². The van der Waals surface area contributed by atoms with E-state index in [1.807, 2.05) is 24.4 Å². The first-order chi connectivity index (χ1) is 10.3. The Morgan fingerprint density at radius 1 is 1.29 bits per heavy atom. The predicted octanol–water partition coefficient (Wildman–Crippen LogP) is 1.79. The summed E-state index contributed by atoms with van der Waals surface area (Å²) in [5.41, 5.74) is 7.41. The van der Waals surface area contributed by atoms with E-state index < -0.39 is 0 Å². The van der Waals surface area contributed by atoms with Gasteiger partial charge in [0.05, 0.1) is 13.2 Å². The highest BCUT2D eigenvalue weighted by Crippen LogP contribution is 2.18. The summed E-state index contributed by atoms with van der Waals surface area (Å²) in [6.07, 6.45) is 2.96. The molecule has 0 spiro atoms. The van der Waals surface area contributed by atoms with E-state index in [0.29, 0.717) is 25.4 Å². The quantitative estimate of drug-likeness (QED) is 0.255. The van der Waals surface area contributed by atoms with Crippen LogP contribution in [0.4, 0.5) is 0 Å². The molecule has 0 saturated carbocycles. The lowest BCUT2D eigenvalue weighted by atomic mass is 10.1. The van der Waals surface area contributed by atoms with E-state index in [-0.39, 0.29) is 5.84 Å². The van der Waals surface area contributed by atoms with E-state index in [4.69, 9.17) is 20.4 Å². The smallest absolute Gasteiger partial charge is 0.170 e. The molecule has 0 atom stereocenters. The Morgan fingerprint density at radius 3 is 2.90 bits per heavy atom. The van der Waals surface area contributed by atoms with Gasteiger partial charge < -0.3 is 25.0 Å². The Labute approximate surface area is 123 Å². The van der Waals surface area contributed by atoms with Gasteiger partial charge in [-0.3, -0.25) is 0 Å². The van der Waals surface area contributed by atoms with Gasteiger partial charge in [-0.05, 0) is 23.9 Å². The van der Waals surface area contributed by atoms with E-state index >= 15 is 0 Å². The Bertz CT molecular complexity index is 607. The van der Waals surface area contributed by atoms with Gasteiger partial charge in [-0.15, -0.1) is 0 Å². The normalized spacial score (nSPS) is 12.1. The lowest BCUT2D eigenvalue weighted by Crippen LogP contribution is -2.13. The molecule has 0 aliphatic rings. The molecule has 0 unspecified atom stereocenters. The Morgan fingerprint density at radius 2 is 2.14 bits per heavy atom. The van der Waals surface area contributed by atoms with Crippen molar-refractivity contribution in [2.24, 2.45) is 10.9 Å². The zero-order valence-electron chi connectivity index (χ0n) is 12.2. The maximum Gasteiger partial charge on any atom is 0.170 e. The first kappa shape index (κ1) is 15.3. The first-order valence-corrected chi connectivity index (χ1v) is 6.89. The molecule has 0 saturated heterocycles. The lowest BCUT2D eigenvalue weighted by Gasteiger charge is -2.07. The van der Waals surface area contributed by atoms with Crippen molar-refractivity contribution in [3.8, 4) is 0 Å². The Balaban J connectivity index is 1.99. The Kier molecular flexibility index (Phi) is 5.59.